The van der Waals surface area contributed by atoms with E-state index in [0.717, 1.165) is 37.4 Å². The van der Waals surface area contributed by atoms with E-state index in [1.807, 2.05) is 42.5 Å². The maximum Gasteiger partial charge on any atom is 1.00 e. The number of carbonyl (C=O) groups excluding carboxylic acids is 1. The summed E-state index contributed by atoms with van der Waals surface area (Å²) in [5, 5.41) is 10.5. The Hall–Kier alpha value is -1.73. The number of piperidine rings is 1. The summed E-state index contributed by atoms with van der Waals surface area (Å²) in [5.41, 5.74) is 1.33. The van der Waals surface area contributed by atoms with Gasteiger partial charge in [-0.25, -0.2) is 0 Å². The molecule has 1 aliphatic rings. The molecule has 1 fully saturated rings. The molecule has 5 heteroatoms. The Labute approximate surface area is 161 Å². The third-order valence-corrected chi connectivity index (χ3v) is 4.55. The van der Waals surface area contributed by atoms with Gasteiger partial charge in [0.1, 0.15) is 11.5 Å². The minimum absolute atomic E-state index is 0. The van der Waals surface area contributed by atoms with Gasteiger partial charge in [-0.3, -0.25) is 0 Å². The van der Waals surface area contributed by atoms with Crippen LogP contribution in [-0.2, 0) is 4.79 Å². The zero-order valence-electron chi connectivity index (χ0n) is 14.7. The second kappa shape index (κ2) is 9.67. The number of nitrogens with zero attached hydrogens (tertiary/aromatic N) is 1. The van der Waals surface area contributed by atoms with Crippen LogP contribution in [0.15, 0.2) is 54.6 Å². The Morgan fingerprint density at radius 3 is 2.20 bits per heavy atom. The smallest absolute Gasteiger partial charge is 0.550 e. The van der Waals surface area contributed by atoms with Gasteiger partial charge in [-0.1, -0.05) is 30.3 Å². The van der Waals surface area contributed by atoms with Gasteiger partial charge in [-0.2, -0.15) is 0 Å². The Kier molecular flexibility index (Phi) is 7.58. The van der Waals surface area contributed by atoms with Crippen LogP contribution in [-0.4, -0.2) is 30.5 Å². The molecule has 0 radical (unpaired) electrons. The standard InChI is InChI=1S/C20H23NO3.Li/c22-20(23)12-15-21-13-10-17(11-14-21)16-6-8-19(9-7-16)24-18-4-2-1-3-5-18;/h1-9,17H,10-15H2,(H,22,23);/q;+1/p-1. The van der Waals surface area contributed by atoms with Crippen LogP contribution in [0.1, 0.15) is 30.7 Å². The third-order valence-electron chi connectivity index (χ3n) is 4.55. The predicted molar refractivity (Wildman–Crippen MR) is 91.0 cm³/mol. The quantitative estimate of drug-likeness (QED) is 0.688. The number of hydrogen-bond donors (Lipinski definition) is 0. The van der Waals surface area contributed by atoms with E-state index in [-0.39, 0.29) is 25.3 Å². The first-order valence-corrected chi connectivity index (χ1v) is 8.46. The van der Waals surface area contributed by atoms with E-state index in [2.05, 4.69) is 17.0 Å². The maximum absolute atomic E-state index is 10.5. The molecule has 126 valence electrons. The van der Waals surface area contributed by atoms with Gasteiger partial charge >= 0.3 is 18.9 Å². The van der Waals surface area contributed by atoms with Crippen molar-refractivity contribution in [2.45, 2.75) is 25.2 Å². The number of likely N-dealkylation sites (tertiary alicyclic amines) is 1. The summed E-state index contributed by atoms with van der Waals surface area (Å²) < 4.78 is 5.82. The summed E-state index contributed by atoms with van der Waals surface area (Å²) in [6, 6.07) is 18.1. The van der Waals surface area contributed by atoms with Crippen molar-refractivity contribution in [2.24, 2.45) is 0 Å². The average molecular weight is 331 g/mol. The molecule has 2 aromatic rings. The van der Waals surface area contributed by atoms with E-state index in [1.54, 1.807) is 0 Å². The fourth-order valence-corrected chi connectivity index (χ4v) is 3.17. The van der Waals surface area contributed by atoms with Crippen molar-refractivity contribution in [3.8, 4) is 11.5 Å². The zero-order chi connectivity index (χ0) is 16.8. The third kappa shape index (κ3) is 5.93. The van der Waals surface area contributed by atoms with Crippen molar-refractivity contribution in [1.29, 1.82) is 0 Å². The largest absolute Gasteiger partial charge is 1.00 e. The summed E-state index contributed by atoms with van der Waals surface area (Å²) in [6.45, 7) is 2.49. The van der Waals surface area contributed by atoms with Crippen molar-refractivity contribution in [3.05, 3.63) is 60.2 Å². The number of carbonyl (C=O) groups is 1. The van der Waals surface area contributed by atoms with Gasteiger partial charge in [-0.05, 0) is 68.1 Å². The molecule has 0 aromatic heterocycles. The Balaban J connectivity index is 0.00000225. The topological polar surface area (TPSA) is 52.6 Å². The molecule has 1 heterocycles. The number of hydrogen-bond acceptors (Lipinski definition) is 4. The minimum atomic E-state index is -0.967. The van der Waals surface area contributed by atoms with Crippen molar-refractivity contribution < 1.29 is 33.5 Å². The number of rotatable bonds is 6. The van der Waals surface area contributed by atoms with Gasteiger partial charge in [0.15, 0.2) is 0 Å². The van der Waals surface area contributed by atoms with E-state index < -0.39 is 5.97 Å². The summed E-state index contributed by atoms with van der Waals surface area (Å²) in [6.07, 6.45) is 2.24. The van der Waals surface area contributed by atoms with Crippen LogP contribution in [0.4, 0.5) is 0 Å². The van der Waals surface area contributed by atoms with Crippen molar-refractivity contribution in [2.75, 3.05) is 19.6 Å². The Morgan fingerprint density at radius 1 is 1.00 bits per heavy atom. The van der Waals surface area contributed by atoms with Gasteiger partial charge in [0, 0.05) is 12.5 Å². The average Bonchev–Trinajstić information content (AvgIpc) is 2.62. The number of carboxylic acids is 1. The number of benzene rings is 2. The van der Waals surface area contributed by atoms with Gasteiger partial charge in [0.2, 0.25) is 0 Å². The SMILES string of the molecule is O=C([O-])CCN1CCC(c2ccc(Oc3ccccc3)cc2)CC1.[Li+]. The first-order valence-electron chi connectivity index (χ1n) is 8.46. The molecule has 3 rings (SSSR count). The van der Waals surface area contributed by atoms with Crippen molar-refractivity contribution in [3.63, 3.8) is 0 Å². The second-order valence-electron chi connectivity index (χ2n) is 6.22. The Bertz CT molecular complexity index is 652. The summed E-state index contributed by atoms with van der Waals surface area (Å²) in [7, 11) is 0. The van der Waals surface area contributed by atoms with Gasteiger partial charge in [-0.15, -0.1) is 0 Å². The van der Waals surface area contributed by atoms with E-state index >= 15 is 0 Å². The fourth-order valence-electron chi connectivity index (χ4n) is 3.17. The van der Waals surface area contributed by atoms with Gasteiger partial charge in [0.25, 0.3) is 0 Å². The molecule has 1 aliphatic heterocycles. The molecule has 1 saturated heterocycles. The molecule has 0 bridgehead atoms. The van der Waals surface area contributed by atoms with Crippen LogP contribution in [0.25, 0.3) is 0 Å². The molecule has 0 amide bonds. The molecule has 25 heavy (non-hydrogen) atoms. The molecule has 0 spiro atoms. The van der Waals surface area contributed by atoms with E-state index in [4.69, 9.17) is 4.74 Å². The first kappa shape index (κ1) is 19.6. The monoisotopic (exact) mass is 331 g/mol. The predicted octanol–water partition coefficient (Wildman–Crippen LogP) is -0.198. The van der Waals surface area contributed by atoms with Gasteiger partial charge < -0.3 is 19.5 Å². The molecule has 0 atom stereocenters. The first-order chi connectivity index (χ1) is 11.7. The fraction of sp³-hybridized carbons (Fsp3) is 0.350. The second-order valence-corrected chi connectivity index (χ2v) is 6.22. The molecule has 4 nitrogen and oxygen atoms in total. The summed E-state index contributed by atoms with van der Waals surface area (Å²) >= 11 is 0. The number of para-hydroxylation sites is 1. The van der Waals surface area contributed by atoms with Crippen LogP contribution in [0, 0.1) is 0 Å². The van der Waals surface area contributed by atoms with E-state index in [9.17, 15) is 9.90 Å². The molecular formula is C20H22LiNO3. The molecule has 0 N–H and O–H groups in total. The van der Waals surface area contributed by atoms with E-state index in [0.29, 0.717) is 12.5 Å². The maximum atomic E-state index is 10.5. The Morgan fingerprint density at radius 2 is 1.60 bits per heavy atom. The summed E-state index contributed by atoms with van der Waals surface area (Å²) in [4.78, 5) is 12.7. The molecular weight excluding hydrogens is 309 g/mol. The minimum Gasteiger partial charge on any atom is -0.550 e. The number of ether oxygens (including phenoxy) is 1. The van der Waals surface area contributed by atoms with E-state index in [1.165, 1.54) is 5.56 Å². The van der Waals surface area contributed by atoms with Crippen LogP contribution in [0.5, 0.6) is 11.5 Å². The zero-order valence-corrected chi connectivity index (χ0v) is 14.7. The summed E-state index contributed by atoms with van der Waals surface area (Å²) in [5.74, 6) is 1.25. The molecule has 0 saturated carbocycles. The van der Waals surface area contributed by atoms with Crippen LogP contribution in [0.3, 0.4) is 0 Å². The number of carboxylic acid groups (broad SMARTS) is 1. The van der Waals surface area contributed by atoms with Crippen LogP contribution < -0.4 is 28.7 Å². The van der Waals surface area contributed by atoms with Crippen molar-refractivity contribution in [1.82, 2.24) is 4.90 Å². The van der Waals surface area contributed by atoms with Gasteiger partial charge in [0.05, 0.1) is 0 Å². The molecule has 0 unspecified atom stereocenters. The molecule has 0 aliphatic carbocycles. The normalized spacial score (nSPS) is 15.4. The van der Waals surface area contributed by atoms with Crippen LogP contribution in [0.2, 0.25) is 0 Å². The van der Waals surface area contributed by atoms with Crippen LogP contribution >= 0.6 is 0 Å². The van der Waals surface area contributed by atoms with Crippen molar-refractivity contribution >= 4 is 5.97 Å². The number of aliphatic carboxylic acids is 1. The molecule has 2 aromatic carbocycles.